The molecule has 7 heteroatoms. The van der Waals surface area contributed by atoms with E-state index in [9.17, 15) is 14.4 Å². The highest BCUT2D eigenvalue weighted by Crippen LogP contribution is 2.18. The molecule has 112 valence electrons. The van der Waals surface area contributed by atoms with Crippen LogP contribution in [0.3, 0.4) is 0 Å². The average Bonchev–Trinajstić information content (AvgIpc) is 3.22. The Morgan fingerprint density at radius 3 is 2.70 bits per heavy atom. The highest BCUT2D eigenvalue weighted by atomic mass is 16.2. The van der Waals surface area contributed by atoms with Crippen LogP contribution in [0.1, 0.15) is 19.3 Å². The normalized spacial score (nSPS) is 19.1. The fourth-order valence-corrected chi connectivity index (χ4v) is 2.14. The van der Waals surface area contributed by atoms with Gasteiger partial charge in [-0.3, -0.25) is 14.4 Å². The highest BCUT2D eigenvalue weighted by molar-refractivity contribution is 6.35. The first-order valence-corrected chi connectivity index (χ1v) is 7.12. The summed E-state index contributed by atoms with van der Waals surface area (Å²) in [6.07, 6.45) is 2.84. The molecule has 2 fully saturated rings. The van der Waals surface area contributed by atoms with Crippen molar-refractivity contribution in [2.75, 3.05) is 39.8 Å². The second-order valence-electron chi connectivity index (χ2n) is 5.40. The van der Waals surface area contributed by atoms with Crippen LogP contribution in [0.5, 0.6) is 0 Å². The Morgan fingerprint density at radius 1 is 1.25 bits per heavy atom. The van der Waals surface area contributed by atoms with Crippen LogP contribution >= 0.6 is 0 Å². The Bertz CT molecular complexity index is 387. The maximum absolute atomic E-state index is 12.1. The number of carbonyl (C=O) groups excluding carboxylic acids is 3. The van der Waals surface area contributed by atoms with Gasteiger partial charge in [0.25, 0.3) is 0 Å². The number of rotatable bonds is 3. The Morgan fingerprint density at radius 2 is 2.00 bits per heavy atom. The molecule has 2 N–H and O–H groups in total. The average molecular weight is 282 g/mol. The molecule has 0 radical (unpaired) electrons. The number of nitrogens with zero attached hydrogens (tertiary/aromatic N) is 2. The fourth-order valence-electron chi connectivity index (χ4n) is 2.14. The zero-order valence-electron chi connectivity index (χ0n) is 11.9. The summed E-state index contributed by atoms with van der Waals surface area (Å²) in [6.45, 7) is 2.61. The largest absolute Gasteiger partial charge is 0.352 e. The van der Waals surface area contributed by atoms with E-state index in [1.54, 1.807) is 4.90 Å². The van der Waals surface area contributed by atoms with Crippen LogP contribution in [0.15, 0.2) is 0 Å². The van der Waals surface area contributed by atoms with Gasteiger partial charge in [0.2, 0.25) is 5.91 Å². The van der Waals surface area contributed by atoms with Gasteiger partial charge >= 0.3 is 11.8 Å². The Balaban J connectivity index is 1.81. The topological polar surface area (TPSA) is 81.8 Å². The van der Waals surface area contributed by atoms with Crippen LogP contribution in [-0.4, -0.2) is 73.3 Å². The molecule has 2 aliphatic rings. The summed E-state index contributed by atoms with van der Waals surface area (Å²) in [4.78, 5) is 38.5. The van der Waals surface area contributed by atoms with Gasteiger partial charge in [0, 0.05) is 32.7 Å². The summed E-state index contributed by atoms with van der Waals surface area (Å²) in [7, 11) is 1.49. The molecule has 0 aromatic rings. The number of likely N-dealkylation sites (N-methyl/N-ethyl adjacent to an activating group) is 1. The minimum atomic E-state index is -0.613. The first kappa shape index (κ1) is 14.8. The van der Waals surface area contributed by atoms with Gasteiger partial charge in [-0.1, -0.05) is 0 Å². The smallest absolute Gasteiger partial charge is 0.312 e. The molecule has 3 amide bonds. The summed E-state index contributed by atoms with van der Waals surface area (Å²) in [5.74, 6) is -1.33. The maximum Gasteiger partial charge on any atom is 0.312 e. The highest BCUT2D eigenvalue weighted by Gasteiger charge is 2.28. The molecule has 0 unspecified atom stereocenters. The van der Waals surface area contributed by atoms with E-state index < -0.39 is 11.8 Å². The Hall–Kier alpha value is -1.63. The molecular formula is C13H22N4O3. The summed E-state index contributed by atoms with van der Waals surface area (Å²) in [5.41, 5.74) is 0. The lowest BCUT2D eigenvalue weighted by Gasteiger charge is -2.23. The molecule has 0 aromatic carbocycles. The van der Waals surface area contributed by atoms with Gasteiger partial charge in [-0.15, -0.1) is 0 Å². The predicted molar refractivity (Wildman–Crippen MR) is 72.9 cm³/mol. The third-order valence-electron chi connectivity index (χ3n) is 3.48. The molecule has 20 heavy (non-hydrogen) atoms. The van der Waals surface area contributed by atoms with Crippen molar-refractivity contribution >= 4 is 17.7 Å². The van der Waals surface area contributed by atoms with Crippen LogP contribution in [0.4, 0.5) is 0 Å². The standard InChI is InChI=1S/C13H22N4O3/c1-16(9-11(18)15-10-3-4-10)12(19)13(20)17-7-2-5-14-6-8-17/h10,14H,2-9H2,1H3,(H,15,18). The zero-order valence-corrected chi connectivity index (χ0v) is 11.9. The second-order valence-corrected chi connectivity index (χ2v) is 5.40. The van der Waals surface area contributed by atoms with Crippen LogP contribution in [0, 0.1) is 0 Å². The monoisotopic (exact) mass is 282 g/mol. The molecule has 1 aliphatic carbocycles. The molecule has 1 saturated heterocycles. The van der Waals surface area contributed by atoms with Crippen molar-refractivity contribution in [2.45, 2.75) is 25.3 Å². The SMILES string of the molecule is CN(CC(=O)NC1CC1)C(=O)C(=O)N1CCCNCC1. The molecule has 1 aliphatic heterocycles. The van der Waals surface area contributed by atoms with Crippen molar-refractivity contribution in [3.63, 3.8) is 0 Å². The van der Waals surface area contributed by atoms with E-state index in [1.807, 2.05) is 0 Å². The lowest BCUT2D eigenvalue weighted by molar-refractivity contribution is -0.151. The first-order chi connectivity index (χ1) is 9.58. The number of carbonyl (C=O) groups is 3. The molecular weight excluding hydrogens is 260 g/mol. The van der Waals surface area contributed by atoms with Gasteiger partial charge in [0.05, 0.1) is 6.54 Å². The summed E-state index contributed by atoms with van der Waals surface area (Å²) >= 11 is 0. The number of amides is 3. The van der Waals surface area contributed by atoms with Crippen molar-refractivity contribution < 1.29 is 14.4 Å². The first-order valence-electron chi connectivity index (χ1n) is 7.12. The van der Waals surface area contributed by atoms with Gasteiger partial charge in [-0.2, -0.15) is 0 Å². The van der Waals surface area contributed by atoms with Crippen molar-refractivity contribution in [3.8, 4) is 0 Å². The Labute approximate surface area is 118 Å². The molecule has 7 nitrogen and oxygen atoms in total. The molecule has 0 aromatic heterocycles. The van der Waals surface area contributed by atoms with E-state index in [1.165, 1.54) is 11.9 Å². The van der Waals surface area contributed by atoms with Crippen molar-refractivity contribution in [1.29, 1.82) is 0 Å². The summed E-state index contributed by atoms with van der Waals surface area (Å²) in [6, 6.07) is 0.262. The molecule has 1 saturated carbocycles. The van der Waals surface area contributed by atoms with E-state index in [0.717, 1.165) is 25.8 Å². The molecule has 1 heterocycles. The number of hydrogen-bond donors (Lipinski definition) is 2. The van der Waals surface area contributed by atoms with Gasteiger partial charge in [0.1, 0.15) is 0 Å². The van der Waals surface area contributed by atoms with Gasteiger partial charge in [-0.25, -0.2) is 0 Å². The molecule has 0 bridgehead atoms. The third kappa shape index (κ3) is 4.19. The zero-order chi connectivity index (χ0) is 14.5. The van der Waals surface area contributed by atoms with Gasteiger partial charge in [-0.05, 0) is 25.8 Å². The lowest BCUT2D eigenvalue weighted by Crippen LogP contribution is -2.47. The van der Waals surface area contributed by atoms with Crippen LogP contribution < -0.4 is 10.6 Å². The number of hydrogen-bond acceptors (Lipinski definition) is 4. The van der Waals surface area contributed by atoms with Crippen LogP contribution in [0.2, 0.25) is 0 Å². The summed E-state index contributed by atoms with van der Waals surface area (Å²) < 4.78 is 0. The Kier molecular flexibility index (Phi) is 4.94. The van der Waals surface area contributed by atoms with E-state index in [-0.39, 0.29) is 18.5 Å². The van der Waals surface area contributed by atoms with Crippen LogP contribution in [0.25, 0.3) is 0 Å². The van der Waals surface area contributed by atoms with Crippen molar-refractivity contribution in [1.82, 2.24) is 20.4 Å². The number of nitrogens with one attached hydrogen (secondary N) is 2. The lowest BCUT2D eigenvalue weighted by atomic mass is 10.3. The van der Waals surface area contributed by atoms with Crippen molar-refractivity contribution in [3.05, 3.63) is 0 Å². The van der Waals surface area contributed by atoms with Gasteiger partial charge < -0.3 is 20.4 Å². The molecule has 0 spiro atoms. The van der Waals surface area contributed by atoms with Gasteiger partial charge in [0.15, 0.2) is 0 Å². The second kappa shape index (κ2) is 6.69. The van der Waals surface area contributed by atoms with Crippen molar-refractivity contribution in [2.24, 2.45) is 0 Å². The third-order valence-corrected chi connectivity index (χ3v) is 3.48. The molecule has 0 atom stereocenters. The summed E-state index contributed by atoms with van der Waals surface area (Å²) in [5, 5.41) is 5.98. The quantitative estimate of drug-likeness (QED) is 0.620. The molecule has 2 rings (SSSR count). The minimum absolute atomic E-state index is 0.0623. The predicted octanol–water partition coefficient (Wildman–Crippen LogP) is -1.45. The fraction of sp³-hybridized carbons (Fsp3) is 0.769. The minimum Gasteiger partial charge on any atom is -0.352 e. The van der Waals surface area contributed by atoms with Crippen LogP contribution in [-0.2, 0) is 14.4 Å². The van der Waals surface area contributed by atoms with E-state index in [0.29, 0.717) is 19.6 Å². The maximum atomic E-state index is 12.1. The van der Waals surface area contributed by atoms with E-state index in [2.05, 4.69) is 10.6 Å². The van der Waals surface area contributed by atoms with E-state index in [4.69, 9.17) is 0 Å². The van der Waals surface area contributed by atoms with E-state index >= 15 is 0 Å².